The number of alkyl halides is 3. The van der Waals surface area contributed by atoms with Crippen LogP contribution in [-0.4, -0.2) is 33.4 Å². The Morgan fingerprint density at radius 3 is 2.22 bits per heavy atom. The molecule has 1 unspecified atom stereocenters. The van der Waals surface area contributed by atoms with Gasteiger partial charge in [-0.15, -0.1) is 18.3 Å². The topological polar surface area (TPSA) is 92.6 Å². The molecule has 0 saturated heterocycles. The molecule has 0 spiro atoms. The Bertz CT molecular complexity index is 1330. The van der Waals surface area contributed by atoms with Crippen molar-refractivity contribution in [1.82, 2.24) is 10.2 Å². The summed E-state index contributed by atoms with van der Waals surface area (Å²) in [6.45, 7) is 5.85. The number of amides is 1. The largest absolute Gasteiger partial charge is 0.573 e. The molecule has 2 aromatic carbocycles. The molecule has 0 aliphatic carbocycles. The van der Waals surface area contributed by atoms with Crippen LogP contribution in [0.1, 0.15) is 47.1 Å². The minimum absolute atomic E-state index is 0.0675. The maximum Gasteiger partial charge on any atom is 0.573 e. The lowest BCUT2D eigenvalue weighted by Crippen LogP contribution is -2.32. The molecule has 1 atom stereocenters. The Morgan fingerprint density at radius 2 is 1.68 bits per heavy atom. The summed E-state index contributed by atoms with van der Waals surface area (Å²) in [6.07, 6.45) is -4.06. The number of aryl methyl sites for hydroxylation is 1. The summed E-state index contributed by atoms with van der Waals surface area (Å²) in [7, 11) is 0. The molecule has 1 aliphatic heterocycles. The number of aliphatic hydroxyl groups is 1. The van der Waals surface area contributed by atoms with Crippen molar-refractivity contribution in [2.75, 3.05) is 4.90 Å². The first kappa shape index (κ1) is 25.9. The zero-order valence-electron chi connectivity index (χ0n) is 20.3. The summed E-state index contributed by atoms with van der Waals surface area (Å²) in [5.74, 6) is -2.22. The van der Waals surface area contributed by atoms with E-state index in [1.54, 1.807) is 25.1 Å². The zero-order valence-corrected chi connectivity index (χ0v) is 20.3. The van der Waals surface area contributed by atoms with Crippen LogP contribution < -0.4 is 9.64 Å². The molecule has 0 bridgehead atoms. The van der Waals surface area contributed by atoms with E-state index in [2.05, 4.69) is 28.8 Å². The van der Waals surface area contributed by atoms with Gasteiger partial charge in [-0.05, 0) is 54.7 Å². The van der Waals surface area contributed by atoms with Gasteiger partial charge in [-0.25, -0.2) is 0 Å². The van der Waals surface area contributed by atoms with Crippen LogP contribution in [0.25, 0.3) is 0 Å². The average molecular weight is 512 g/mol. The quantitative estimate of drug-likeness (QED) is 0.411. The molecule has 7 nitrogen and oxygen atoms in total. The van der Waals surface area contributed by atoms with Crippen LogP contribution >= 0.6 is 0 Å². The maximum absolute atomic E-state index is 13.6. The van der Waals surface area contributed by atoms with E-state index < -0.39 is 35.6 Å². The van der Waals surface area contributed by atoms with Crippen molar-refractivity contribution in [2.45, 2.75) is 39.6 Å². The van der Waals surface area contributed by atoms with Gasteiger partial charge in [-0.2, -0.15) is 5.10 Å². The number of rotatable bonds is 7. The normalized spacial score (nSPS) is 16.0. The molecular formula is C27H24F3N3O4. The van der Waals surface area contributed by atoms with Crippen LogP contribution in [0.2, 0.25) is 0 Å². The highest BCUT2D eigenvalue weighted by Crippen LogP contribution is 2.41. The van der Waals surface area contributed by atoms with Crippen molar-refractivity contribution in [1.29, 1.82) is 0 Å². The summed E-state index contributed by atoms with van der Waals surface area (Å²) in [5.41, 5.74) is 1.92. The molecule has 0 radical (unpaired) electrons. The standard InChI is InChI=1S/C27H24F3N3O4/c1-15(2)14-17-5-7-19(8-6-17)24(34)22-23(18-9-11-20(12-10-18)37-27(28,29)30)33(26(36)25(22)35)21-13-4-16(3)31-32-21/h4-13,15,23,35H,14H2,1-3H3. The fourth-order valence-electron chi connectivity index (χ4n) is 4.18. The SMILES string of the molecule is Cc1ccc(N2C(=O)C(O)=C(C(=O)c3ccc(CC(C)C)cc3)C2c2ccc(OC(F)(F)F)cc2)nn1. The van der Waals surface area contributed by atoms with Gasteiger partial charge in [-0.3, -0.25) is 14.5 Å². The van der Waals surface area contributed by atoms with Gasteiger partial charge in [0.2, 0.25) is 0 Å². The minimum Gasteiger partial charge on any atom is -0.503 e. The molecular weight excluding hydrogens is 487 g/mol. The number of Topliss-reactive ketones (excluding diaryl/α,β-unsaturated/α-hetero) is 1. The lowest BCUT2D eigenvalue weighted by atomic mass is 9.92. The number of halogens is 3. The van der Waals surface area contributed by atoms with Crippen LogP contribution in [0.5, 0.6) is 5.75 Å². The molecule has 0 fully saturated rings. The minimum atomic E-state index is -4.88. The van der Waals surface area contributed by atoms with Gasteiger partial charge < -0.3 is 9.84 Å². The number of carbonyl (C=O) groups is 2. The summed E-state index contributed by atoms with van der Waals surface area (Å²) >= 11 is 0. The van der Waals surface area contributed by atoms with Crippen molar-refractivity contribution in [3.05, 3.63) is 94.4 Å². The van der Waals surface area contributed by atoms with Crippen molar-refractivity contribution in [2.24, 2.45) is 5.92 Å². The third-order valence-electron chi connectivity index (χ3n) is 5.77. The first-order valence-electron chi connectivity index (χ1n) is 11.5. The zero-order chi connectivity index (χ0) is 26.9. The van der Waals surface area contributed by atoms with Crippen molar-refractivity contribution in [3.63, 3.8) is 0 Å². The molecule has 37 heavy (non-hydrogen) atoms. The Kier molecular flexibility index (Phi) is 7.02. The average Bonchev–Trinajstić information content (AvgIpc) is 3.09. The molecule has 1 amide bonds. The van der Waals surface area contributed by atoms with Crippen molar-refractivity contribution < 1.29 is 32.6 Å². The predicted octanol–water partition coefficient (Wildman–Crippen LogP) is 5.67. The van der Waals surface area contributed by atoms with Gasteiger partial charge in [0.1, 0.15) is 5.75 Å². The second-order valence-electron chi connectivity index (χ2n) is 9.11. The molecule has 10 heteroatoms. The number of carbonyl (C=O) groups excluding carboxylic acids is 2. The highest BCUT2D eigenvalue weighted by atomic mass is 19.4. The molecule has 1 N–H and O–H groups in total. The van der Waals surface area contributed by atoms with Gasteiger partial charge in [0, 0.05) is 5.56 Å². The number of ketones is 1. The van der Waals surface area contributed by atoms with Crippen LogP contribution in [0.3, 0.4) is 0 Å². The number of anilines is 1. The second kappa shape index (κ2) is 10.0. The molecule has 0 saturated carbocycles. The Labute approximate surface area is 211 Å². The third kappa shape index (κ3) is 5.63. The summed E-state index contributed by atoms with van der Waals surface area (Å²) in [4.78, 5) is 27.9. The van der Waals surface area contributed by atoms with Gasteiger partial charge in [-0.1, -0.05) is 50.2 Å². The summed E-state index contributed by atoms with van der Waals surface area (Å²) in [6, 6.07) is 13.6. The molecule has 4 rings (SSSR count). The number of aromatic nitrogens is 2. The highest BCUT2D eigenvalue weighted by molar-refractivity contribution is 6.20. The molecule has 1 aliphatic rings. The number of aliphatic hydroxyl groups excluding tert-OH is 1. The Hall–Kier alpha value is -4.21. The van der Waals surface area contributed by atoms with E-state index in [1.807, 2.05) is 12.1 Å². The smallest absolute Gasteiger partial charge is 0.503 e. The van der Waals surface area contributed by atoms with Crippen LogP contribution in [0.4, 0.5) is 19.0 Å². The molecule has 3 aromatic rings. The van der Waals surface area contributed by atoms with Crippen LogP contribution in [0.15, 0.2) is 72.0 Å². The van der Waals surface area contributed by atoms with E-state index in [-0.39, 0.29) is 22.5 Å². The van der Waals surface area contributed by atoms with Gasteiger partial charge >= 0.3 is 6.36 Å². The van der Waals surface area contributed by atoms with Crippen LogP contribution in [0, 0.1) is 12.8 Å². The predicted molar refractivity (Wildman–Crippen MR) is 129 cm³/mol. The third-order valence-corrected chi connectivity index (χ3v) is 5.77. The number of hydrogen-bond acceptors (Lipinski definition) is 6. The fraction of sp³-hybridized carbons (Fsp3) is 0.259. The molecule has 1 aromatic heterocycles. The lowest BCUT2D eigenvalue weighted by molar-refractivity contribution is -0.274. The van der Waals surface area contributed by atoms with Crippen molar-refractivity contribution in [3.8, 4) is 5.75 Å². The maximum atomic E-state index is 13.6. The number of benzene rings is 2. The monoisotopic (exact) mass is 511 g/mol. The Morgan fingerprint density at radius 1 is 1.03 bits per heavy atom. The van der Waals surface area contributed by atoms with Gasteiger partial charge in [0.05, 0.1) is 17.3 Å². The molecule has 192 valence electrons. The first-order chi connectivity index (χ1) is 17.4. The molecule has 2 heterocycles. The number of hydrogen-bond donors (Lipinski definition) is 1. The number of ether oxygens (including phenoxy) is 1. The van der Waals surface area contributed by atoms with E-state index in [0.29, 0.717) is 11.6 Å². The summed E-state index contributed by atoms with van der Waals surface area (Å²) in [5, 5.41) is 18.8. The summed E-state index contributed by atoms with van der Waals surface area (Å²) < 4.78 is 41.9. The second-order valence-corrected chi connectivity index (χ2v) is 9.11. The van der Waals surface area contributed by atoms with Gasteiger partial charge in [0.25, 0.3) is 5.91 Å². The van der Waals surface area contributed by atoms with E-state index in [4.69, 9.17) is 0 Å². The van der Waals surface area contributed by atoms with E-state index in [1.165, 1.54) is 18.2 Å². The first-order valence-corrected chi connectivity index (χ1v) is 11.5. The van der Waals surface area contributed by atoms with Crippen LogP contribution in [-0.2, 0) is 11.2 Å². The Balaban J connectivity index is 1.77. The highest BCUT2D eigenvalue weighted by Gasteiger charge is 2.45. The van der Waals surface area contributed by atoms with Gasteiger partial charge in [0.15, 0.2) is 17.4 Å². The van der Waals surface area contributed by atoms with Crippen molar-refractivity contribution >= 4 is 17.5 Å². The number of nitrogens with zero attached hydrogens (tertiary/aromatic N) is 3. The van der Waals surface area contributed by atoms with E-state index >= 15 is 0 Å². The lowest BCUT2D eigenvalue weighted by Gasteiger charge is -2.26. The van der Waals surface area contributed by atoms with E-state index in [0.717, 1.165) is 29.0 Å². The van der Waals surface area contributed by atoms with E-state index in [9.17, 15) is 27.9 Å². The fourth-order valence-corrected chi connectivity index (χ4v) is 4.18.